The molecule has 0 N–H and O–H groups in total. The maximum Gasteiger partial charge on any atom is 0.325 e. The Labute approximate surface area is 81.3 Å². The van der Waals surface area contributed by atoms with Crippen LogP contribution in [0.5, 0.6) is 0 Å². The van der Waals surface area contributed by atoms with Gasteiger partial charge in [-0.25, -0.2) is 0 Å². The summed E-state index contributed by atoms with van der Waals surface area (Å²) in [6.45, 7) is 0. The van der Waals surface area contributed by atoms with Crippen LogP contribution in [0, 0.1) is 11.3 Å². The monoisotopic (exact) mass is 211 g/mol. The van der Waals surface area contributed by atoms with Crippen molar-refractivity contribution in [3.63, 3.8) is 0 Å². The van der Waals surface area contributed by atoms with Gasteiger partial charge in [-0.05, 0) is 23.8 Å². The molecule has 0 aliphatic rings. The zero-order chi connectivity index (χ0) is 10.6. The number of nitriles is 1. The second kappa shape index (κ2) is 4.03. The van der Waals surface area contributed by atoms with Crippen LogP contribution in [0.15, 0.2) is 29.7 Å². The van der Waals surface area contributed by atoms with Gasteiger partial charge in [0.05, 0.1) is 17.0 Å². The lowest BCUT2D eigenvalue weighted by Gasteiger charge is -1.91. The zero-order valence-corrected chi connectivity index (χ0v) is 7.83. The van der Waals surface area contributed by atoms with E-state index in [0.29, 0.717) is 16.5 Å². The maximum atomic E-state index is 12.1. The minimum Gasteiger partial charge on any atom is -0.192 e. The molecule has 14 heavy (non-hydrogen) atoms. The standard InChI is InChI=1S/C9H6FNO2S/c10-14(12,13)6-5-8-1-3-9(7-11)4-2-8/h1-6H/b6-5+. The maximum absolute atomic E-state index is 12.1. The fraction of sp³-hybridized carbons (Fsp3) is 0. The average Bonchev–Trinajstić information content (AvgIpc) is 2.14. The predicted octanol–water partition coefficient (Wildman–Crippen LogP) is 1.83. The van der Waals surface area contributed by atoms with Crippen LogP contribution >= 0.6 is 0 Å². The SMILES string of the molecule is N#Cc1ccc(/C=C/S(=O)(=O)F)cc1. The largest absolute Gasteiger partial charge is 0.325 e. The first kappa shape index (κ1) is 10.4. The van der Waals surface area contributed by atoms with Gasteiger partial charge in [-0.2, -0.15) is 13.7 Å². The first-order valence-electron chi connectivity index (χ1n) is 3.64. The molecule has 0 atom stereocenters. The molecule has 0 unspecified atom stereocenters. The van der Waals surface area contributed by atoms with Crippen molar-refractivity contribution < 1.29 is 12.3 Å². The van der Waals surface area contributed by atoms with E-state index in [-0.39, 0.29) is 0 Å². The second-order valence-corrected chi connectivity index (χ2v) is 3.74. The highest BCUT2D eigenvalue weighted by Gasteiger charge is 1.98. The Morgan fingerprint density at radius 3 is 2.29 bits per heavy atom. The van der Waals surface area contributed by atoms with Gasteiger partial charge in [-0.1, -0.05) is 12.1 Å². The van der Waals surface area contributed by atoms with E-state index in [1.165, 1.54) is 24.3 Å². The van der Waals surface area contributed by atoms with Crippen LogP contribution in [0.2, 0.25) is 0 Å². The molecule has 1 rings (SSSR count). The third-order valence-corrected chi connectivity index (χ3v) is 1.92. The number of hydrogen-bond acceptors (Lipinski definition) is 3. The molecule has 0 aliphatic heterocycles. The number of halogens is 1. The van der Waals surface area contributed by atoms with Crippen LogP contribution < -0.4 is 0 Å². The van der Waals surface area contributed by atoms with Gasteiger partial charge in [0.1, 0.15) is 0 Å². The lowest BCUT2D eigenvalue weighted by Crippen LogP contribution is -1.81. The number of nitrogens with zero attached hydrogens (tertiary/aromatic N) is 1. The molecular weight excluding hydrogens is 205 g/mol. The average molecular weight is 211 g/mol. The summed E-state index contributed by atoms with van der Waals surface area (Å²) in [5.41, 5.74) is 0.982. The van der Waals surface area contributed by atoms with Crippen molar-refractivity contribution in [2.75, 3.05) is 0 Å². The van der Waals surface area contributed by atoms with Crippen molar-refractivity contribution in [1.82, 2.24) is 0 Å². The van der Waals surface area contributed by atoms with Crippen molar-refractivity contribution in [2.45, 2.75) is 0 Å². The van der Waals surface area contributed by atoms with Gasteiger partial charge in [-0.3, -0.25) is 0 Å². The van der Waals surface area contributed by atoms with Crippen molar-refractivity contribution in [2.24, 2.45) is 0 Å². The summed E-state index contributed by atoms with van der Waals surface area (Å²) in [6, 6.07) is 8.00. The first-order chi connectivity index (χ1) is 6.51. The van der Waals surface area contributed by atoms with Gasteiger partial charge in [0.15, 0.2) is 0 Å². The molecule has 0 aliphatic carbocycles. The van der Waals surface area contributed by atoms with E-state index < -0.39 is 10.2 Å². The summed E-state index contributed by atoms with van der Waals surface area (Å²) in [5.74, 6) is 0. The van der Waals surface area contributed by atoms with Gasteiger partial charge in [0.2, 0.25) is 0 Å². The summed E-state index contributed by atoms with van der Waals surface area (Å²) in [6.07, 6.45) is 1.12. The summed E-state index contributed by atoms with van der Waals surface area (Å²) in [5, 5.41) is 8.93. The van der Waals surface area contributed by atoms with Crippen LogP contribution in [-0.4, -0.2) is 8.42 Å². The zero-order valence-electron chi connectivity index (χ0n) is 7.01. The lowest BCUT2D eigenvalue weighted by atomic mass is 10.1. The van der Waals surface area contributed by atoms with E-state index in [0.717, 1.165) is 6.08 Å². The van der Waals surface area contributed by atoms with Crippen molar-refractivity contribution in [1.29, 1.82) is 5.26 Å². The topological polar surface area (TPSA) is 57.9 Å². The number of benzene rings is 1. The van der Waals surface area contributed by atoms with Crippen molar-refractivity contribution in [3.05, 3.63) is 40.8 Å². The van der Waals surface area contributed by atoms with Crippen LogP contribution in [0.1, 0.15) is 11.1 Å². The molecular formula is C9H6FNO2S. The van der Waals surface area contributed by atoms with Crippen LogP contribution in [-0.2, 0) is 10.2 Å². The molecule has 0 spiro atoms. The Balaban J connectivity index is 2.91. The molecule has 3 nitrogen and oxygen atoms in total. The van der Waals surface area contributed by atoms with Crippen LogP contribution in [0.3, 0.4) is 0 Å². The Bertz CT molecular complexity index is 483. The van der Waals surface area contributed by atoms with Crippen LogP contribution in [0.25, 0.3) is 6.08 Å². The quantitative estimate of drug-likeness (QED) is 0.701. The van der Waals surface area contributed by atoms with E-state index >= 15 is 0 Å². The van der Waals surface area contributed by atoms with Gasteiger partial charge in [-0.15, -0.1) is 3.89 Å². The van der Waals surface area contributed by atoms with E-state index in [9.17, 15) is 12.3 Å². The Morgan fingerprint density at radius 1 is 1.29 bits per heavy atom. The minimum absolute atomic E-state index is 0.463. The highest BCUT2D eigenvalue weighted by molar-refractivity contribution is 7.89. The molecule has 1 aromatic rings. The molecule has 0 heterocycles. The van der Waals surface area contributed by atoms with E-state index in [4.69, 9.17) is 5.26 Å². The number of hydrogen-bond donors (Lipinski definition) is 0. The highest BCUT2D eigenvalue weighted by atomic mass is 32.3. The third-order valence-electron chi connectivity index (χ3n) is 1.46. The predicted molar refractivity (Wildman–Crippen MR) is 50.2 cm³/mol. The van der Waals surface area contributed by atoms with Gasteiger partial charge >= 0.3 is 10.2 Å². The van der Waals surface area contributed by atoms with E-state index in [1.807, 2.05) is 6.07 Å². The minimum atomic E-state index is -4.58. The lowest BCUT2D eigenvalue weighted by molar-refractivity contribution is 0.563. The van der Waals surface area contributed by atoms with E-state index in [2.05, 4.69) is 0 Å². The molecule has 1 aromatic carbocycles. The Morgan fingerprint density at radius 2 is 1.86 bits per heavy atom. The second-order valence-electron chi connectivity index (χ2n) is 2.51. The number of rotatable bonds is 2. The normalized spacial score (nSPS) is 11.4. The molecule has 0 saturated heterocycles. The molecule has 0 radical (unpaired) electrons. The smallest absolute Gasteiger partial charge is 0.192 e. The summed E-state index contributed by atoms with van der Waals surface area (Å²) >= 11 is 0. The molecule has 0 amide bonds. The van der Waals surface area contributed by atoms with Gasteiger partial charge < -0.3 is 0 Å². The Kier molecular flexibility index (Phi) is 2.99. The molecule has 0 fully saturated rings. The van der Waals surface area contributed by atoms with Gasteiger partial charge in [0.25, 0.3) is 0 Å². The summed E-state index contributed by atoms with van der Waals surface area (Å²) in [4.78, 5) is 0. The molecule has 0 bridgehead atoms. The first-order valence-corrected chi connectivity index (χ1v) is 5.09. The molecule has 0 aromatic heterocycles. The molecule has 0 saturated carbocycles. The Hall–Kier alpha value is -1.67. The molecule has 5 heteroatoms. The van der Waals surface area contributed by atoms with Gasteiger partial charge in [0, 0.05) is 0 Å². The van der Waals surface area contributed by atoms with E-state index in [1.54, 1.807) is 0 Å². The fourth-order valence-electron chi connectivity index (χ4n) is 0.829. The molecule has 72 valence electrons. The van der Waals surface area contributed by atoms with Crippen LogP contribution in [0.4, 0.5) is 3.89 Å². The third kappa shape index (κ3) is 3.37. The fourth-order valence-corrected chi connectivity index (χ4v) is 1.15. The van der Waals surface area contributed by atoms with Crippen molar-refractivity contribution >= 4 is 16.3 Å². The summed E-state index contributed by atoms with van der Waals surface area (Å²) in [7, 11) is -4.58. The van der Waals surface area contributed by atoms with Crippen molar-refractivity contribution in [3.8, 4) is 6.07 Å². The summed E-state index contributed by atoms with van der Waals surface area (Å²) < 4.78 is 32.3. The highest BCUT2D eigenvalue weighted by Crippen LogP contribution is 2.06.